The van der Waals surface area contributed by atoms with Crippen molar-refractivity contribution in [1.82, 2.24) is 4.90 Å². The van der Waals surface area contributed by atoms with Gasteiger partial charge in [-0.15, -0.1) is 0 Å². The van der Waals surface area contributed by atoms with E-state index in [1.807, 2.05) is 44.2 Å². The summed E-state index contributed by atoms with van der Waals surface area (Å²) in [4.78, 5) is 2.16. The van der Waals surface area contributed by atoms with Gasteiger partial charge >= 0.3 is 7.12 Å². The fourth-order valence-electron chi connectivity index (χ4n) is 2.44. The predicted molar refractivity (Wildman–Crippen MR) is 109 cm³/mol. The molecular formula is C21H34BNO2. The highest BCUT2D eigenvalue weighted by molar-refractivity contribution is 6.62. The van der Waals surface area contributed by atoms with E-state index in [9.17, 15) is 0 Å². The summed E-state index contributed by atoms with van der Waals surface area (Å²) in [5.41, 5.74) is 1.99. The third-order valence-corrected chi connectivity index (χ3v) is 4.55. The van der Waals surface area contributed by atoms with Gasteiger partial charge in [0.1, 0.15) is 0 Å². The average molecular weight is 343 g/mol. The van der Waals surface area contributed by atoms with Crippen LogP contribution in [0.3, 0.4) is 0 Å². The molecule has 25 heavy (non-hydrogen) atoms. The Hall–Kier alpha value is -1.52. The Morgan fingerprint density at radius 1 is 0.960 bits per heavy atom. The van der Waals surface area contributed by atoms with Crippen LogP contribution in [0.2, 0.25) is 0 Å². The van der Waals surface area contributed by atoms with Gasteiger partial charge in [0.25, 0.3) is 0 Å². The van der Waals surface area contributed by atoms with Gasteiger partial charge in [-0.3, -0.25) is 0 Å². The zero-order valence-electron chi connectivity index (χ0n) is 17.2. The van der Waals surface area contributed by atoms with Gasteiger partial charge in [0, 0.05) is 13.6 Å². The summed E-state index contributed by atoms with van der Waals surface area (Å²) in [6.45, 7) is 15.5. The molecule has 0 unspecified atom stereocenters. The van der Waals surface area contributed by atoms with E-state index in [2.05, 4.69) is 64.9 Å². The molecule has 0 radical (unpaired) electrons. The molecule has 0 saturated carbocycles. The molecule has 1 aromatic rings. The summed E-state index contributed by atoms with van der Waals surface area (Å²) in [5, 5.41) is 0. The second-order valence-corrected chi connectivity index (χ2v) is 7.27. The molecule has 2 heterocycles. The molecule has 4 heteroatoms. The maximum absolute atomic E-state index is 5.93. The molecule has 2 aliphatic heterocycles. The van der Waals surface area contributed by atoms with Crippen molar-refractivity contribution in [1.29, 1.82) is 0 Å². The number of rotatable bonds is 1. The molecule has 0 atom stereocenters. The van der Waals surface area contributed by atoms with Crippen molar-refractivity contribution in [2.24, 2.45) is 0 Å². The molecule has 0 aromatic heterocycles. The highest BCUT2D eigenvalue weighted by atomic mass is 16.7. The van der Waals surface area contributed by atoms with Crippen LogP contribution in [0.25, 0.3) is 0 Å². The quantitative estimate of drug-likeness (QED) is 0.706. The largest absolute Gasteiger partial charge is 0.494 e. The molecular weight excluding hydrogens is 309 g/mol. The summed E-state index contributed by atoms with van der Waals surface area (Å²) in [5.74, 6) is 0. The summed E-state index contributed by atoms with van der Waals surface area (Å²) in [6, 6.07) is 10.1. The first-order chi connectivity index (χ1) is 11.7. The normalized spacial score (nSPS) is 20.1. The van der Waals surface area contributed by atoms with Crippen LogP contribution in [0.5, 0.6) is 0 Å². The molecule has 2 aliphatic rings. The van der Waals surface area contributed by atoms with Crippen LogP contribution in [0.1, 0.15) is 48.5 Å². The van der Waals surface area contributed by atoms with Crippen molar-refractivity contribution >= 4 is 12.6 Å². The first kappa shape index (κ1) is 21.5. The van der Waals surface area contributed by atoms with E-state index in [0.717, 1.165) is 12.0 Å². The number of hydrogen-bond donors (Lipinski definition) is 0. The van der Waals surface area contributed by atoms with E-state index in [4.69, 9.17) is 9.31 Å². The molecule has 0 aliphatic carbocycles. The first-order valence-electron chi connectivity index (χ1n) is 9.16. The lowest BCUT2D eigenvalue weighted by molar-refractivity contribution is 0.00578. The Labute approximate surface area is 154 Å². The molecule has 0 spiro atoms. The lowest BCUT2D eigenvalue weighted by Crippen LogP contribution is -2.41. The Bertz CT molecular complexity index is 563. The molecule has 1 fully saturated rings. The molecule has 138 valence electrons. The summed E-state index contributed by atoms with van der Waals surface area (Å²) >= 11 is 0. The number of hydrogen-bond acceptors (Lipinski definition) is 3. The summed E-state index contributed by atoms with van der Waals surface area (Å²) < 4.78 is 11.9. The van der Waals surface area contributed by atoms with Crippen LogP contribution >= 0.6 is 0 Å². The van der Waals surface area contributed by atoms with E-state index in [1.165, 1.54) is 5.57 Å². The van der Waals surface area contributed by atoms with Crippen molar-refractivity contribution in [3.05, 3.63) is 54.3 Å². The van der Waals surface area contributed by atoms with Crippen LogP contribution < -0.4 is 5.46 Å². The van der Waals surface area contributed by atoms with Crippen LogP contribution in [0.15, 0.2) is 54.3 Å². The minimum atomic E-state index is -0.256. The Morgan fingerprint density at radius 2 is 1.48 bits per heavy atom. The predicted octanol–water partition coefficient (Wildman–Crippen LogP) is 4.40. The average Bonchev–Trinajstić information content (AvgIpc) is 2.79. The maximum Gasteiger partial charge on any atom is 0.494 e. The SMILES string of the molecule is CC.CC1(C)OB(c2ccccc2)OC1(C)C.CC1=CC=CN(C)C1. The van der Waals surface area contributed by atoms with E-state index in [-0.39, 0.29) is 18.3 Å². The third-order valence-electron chi connectivity index (χ3n) is 4.55. The number of nitrogens with zero attached hydrogens (tertiary/aromatic N) is 1. The van der Waals surface area contributed by atoms with Crippen molar-refractivity contribution in [2.75, 3.05) is 13.6 Å². The van der Waals surface area contributed by atoms with Gasteiger partial charge in [-0.05, 0) is 52.4 Å². The Kier molecular flexibility index (Phi) is 7.97. The molecule has 3 rings (SSSR count). The highest BCUT2D eigenvalue weighted by Crippen LogP contribution is 2.36. The minimum Gasteiger partial charge on any atom is -0.399 e. The number of benzene rings is 1. The second-order valence-electron chi connectivity index (χ2n) is 7.27. The Morgan fingerprint density at radius 3 is 1.88 bits per heavy atom. The summed E-state index contributed by atoms with van der Waals surface area (Å²) in [6.07, 6.45) is 6.28. The molecule has 3 nitrogen and oxygen atoms in total. The van der Waals surface area contributed by atoms with Crippen LogP contribution in [-0.4, -0.2) is 36.8 Å². The van der Waals surface area contributed by atoms with Crippen molar-refractivity contribution in [3.63, 3.8) is 0 Å². The van der Waals surface area contributed by atoms with Crippen LogP contribution in [0, 0.1) is 0 Å². The van der Waals surface area contributed by atoms with E-state index in [0.29, 0.717) is 0 Å². The zero-order valence-corrected chi connectivity index (χ0v) is 17.2. The smallest absolute Gasteiger partial charge is 0.399 e. The molecule has 1 aromatic carbocycles. The van der Waals surface area contributed by atoms with Crippen LogP contribution in [-0.2, 0) is 9.31 Å². The Balaban J connectivity index is 0.000000264. The van der Waals surface area contributed by atoms with Crippen molar-refractivity contribution in [3.8, 4) is 0 Å². The topological polar surface area (TPSA) is 21.7 Å². The van der Waals surface area contributed by atoms with Crippen LogP contribution in [0.4, 0.5) is 0 Å². The van der Waals surface area contributed by atoms with Gasteiger partial charge in [0.2, 0.25) is 0 Å². The van der Waals surface area contributed by atoms with Gasteiger partial charge in [-0.1, -0.05) is 55.8 Å². The fraction of sp³-hybridized carbons (Fsp3) is 0.524. The van der Waals surface area contributed by atoms with Crippen molar-refractivity contribution in [2.45, 2.75) is 59.7 Å². The minimum absolute atomic E-state index is 0.240. The third kappa shape index (κ3) is 6.05. The van der Waals surface area contributed by atoms with E-state index < -0.39 is 0 Å². The van der Waals surface area contributed by atoms with Gasteiger partial charge in [-0.2, -0.15) is 0 Å². The first-order valence-corrected chi connectivity index (χ1v) is 9.16. The van der Waals surface area contributed by atoms with Gasteiger partial charge < -0.3 is 14.2 Å². The lowest BCUT2D eigenvalue weighted by atomic mass is 9.79. The molecule has 1 saturated heterocycles. The lowest BCUT2D eigenvalue weighted by Gasteiger charge is -2.32. The fourth-order valence-corrected chi connectivity index (χ4v) is 2.44. The highest BCUT2D eigenvalue weighted by Gasteiger charge is 2.51. The number of likely N-dealkylation sites (N-methyl/N-ethyl adjacent to an activating group) is 1. The molecule has 0 bridgehead atoms. The second kappa shape index (κ2) is 9.26. The van der Waals surface area contributed by atoms with E-state index in [1.54, 1.807) is 0 Å². The van der Waals surface area contributed by atoms with Gasteiger partial charge in [0.15, 0.2) is 0 Å². The standard InChI is InChI=1S/C12H17BO2.C7H11N.C2H6/c1-11(2)12(3,4)15-13(14-11)10-8-6-5-7-9-10;1-7-4-3-5-8(2)6-7;1-2/h5-9H,1-4H3;3-5H,6H2,1-2H3;1-2H3. The van der Waals surface area contributed by atoms with Crippen molar-refractivity contribution < 1.29 is 9.31 Å². The monoisotopic (exact) mass is 343 g/mol. The zero-order chi connectivity index (χ0) is 19.1. The van der Waals surface area contributed by atoms with Gasteiger partial charge in [0.05, 0.1) is 11.2 Å². The molecule has 0 amide bonds. The summed E-state index contributed by atoms with van der Waals surface area (Å²) in [7, 11) is 1.84. The maximum atomic E-state index is 5.93. The van der Waals surface area contributed by atoms with E-state index >= 15 is 0 Å². The van der Waals surface area contributed by atoms with Gasteiger partial charge in [-0.25, -0.2) is 0 Å². The molecule has 0 N–H and O–H groups in total. The number of allylic oxidation sites excluding steroid dienone is 2.